The molecule has 6 heteroatoms. The van der Waals surface area contributed by atoms with Crippen molar-refractivity contribution in [2.24, 2.45) is 11.7 Å². The zero-order valence-electron chi connectivity index (χ0n) is 9.95. The van der Waals surface area contributed by atoms with E-state index in [1.807, 2.05) is 13.8 Å². The SMILES string of the molecule is CC(C)C(N)c1nc2cc(C(F)(F)F)ccc2o1. The number of benzene rings is 1. The Morgan fingerprint density at radius 1 is 1.28 bits per heavy atom. The zero-order valence-corrected chi connectivity index (χ0v) is 9.95. The molecule has 0 aliphatic rings. The van der Waals surface area contributed by atoms with E-state index in [0.717, 1.165) is 12.1 Å². The highest BCUT2D eigenvalue weighted by molar-refractivity contribution is 5.73. The van der Waals surface area contributed by atoms with Gasteiger partial charge < -0.3 is 10.2 Å². The Balaban J connectivity index is 2.46. The lowest BCUT2D eigenvalue weighted by Crippen LogP contribution is -2.16. The molecule has 0 saturated heterocycles. The molecule has 0 saturated carbocycles. The van der Waals surface area contributed by atoms with Crippen LogP contribution < -0.4 is 5.73 Å². The lowest BCUT2D eigenvalue weighted by molar-refractivity contribution is -0.137. The molecule has 0 radical (unpaired) electrons. The number of nitrogens with two attached hydrogens (primary N) is 1. The monoisotopic (exact) mass is 258 g/mol. The van der Waals surface area contributed by atoms with E-state index in [0.29, 0.717) is 5.58 Å². The van der Waals surface area contributed by atoms with E-state index in [1.54, 1.807) is 0 Å². The van der Waals surface area contributed by atoms with Gasteiger partial charge in [0, 0.05) is 0 Å². The van der Waals surface area contributed by atoms with Gasteiger partial charge in [-0.05, 0) is 24.1 Å². The lowest BCUT2D eigenvalue weighted by atomic mass is 10.1. The Morgan fingerprint density at radius 3 is 2.50 bits per heavy atom. The fourth-order valence-corrected chi connectivity index (χ4v) is 1.55. The predicted octanol–water partition coefficient (Wildman–Crippen LogP) is 3.50. The van der Waals surface area contributed by atoms with Crippen molar-refractivity contribution in [2.75, 3.05) is 0 Å². The molecule has 2 aromatic rings. The molecule has 0 amide bonds. The summed E-state index contributed by atoms with van der Waals surface area (Å²) in [6.07, 6.45) is -4.38. The molecule has 1 unspecified atom stereocenters. The van der Waals surface area contributed by atoms with Crippen LogP contribution in [-0.4, -0.2) is 4.98 Å². The summed E-state index contributed by atoms with van der Waals surface area (Å²) in [4.78, 5) is 4.02. The first-order chi connectivity index (χ1) is 8.29. The Kier molecular flexibility index (Phi) is 3.06. The molecule has 0 aliphatic heterocycles. The third-order valence-electron chi connectivity index (χ3n) is 2.73. The van der Waals surface area contributed by atoms with Crippen molar-refractivity contribution in [1.82, 2.24) is 4.98 Å². The zero-order chi connectivity index (χ0) is 13.5. The first-order valence-electron chi connectivity index (χ1n) is 5.52. The van der Waals surface area contributed by atoms with Gasteiger partial charge in [0.15, 0.2) is 5.58 Å². The van der Waals surface area contributed by atoms with E-state index in [-0.39, 0.29) is 17.3 Å². The summed E-state index contributed by atoms with van der Waals surface area (Å²) in [7, 11) is 0. The summed E-state index contributed by atoms with van der Waals surface area (Å²) < 4.78 is 42.9. The smallest absolute Gasteiger partial charge is 0.416 e. The van der Waals surface area contributed by atoms with Crippen LogP contribution in [0.25, 0.3) is 11.1 Å². The number of alkyl halides is 3. The maximum absolute atomic E-state index is 12.5. The van der Waals surface area contributed by atoms with Crippen LogP contribution in [0.4, 0.5) is 13.2 Å². The molecule has 3 nitrogen and oxygen atoms in total. The average molecular weight is 258 g/mol. The number of hydrogen-bond donors (Lipinski definition) is 1. The topological polar surface area (TPSA) is 52.0 Å². The second-order valence-corrected chi connectivity index (χ2v) is 4.50. The third-order valence-corrected chi connectivity index (χ3v) is 2.73. The quantitative estimate of drug-likeness (QED) is 0.896. The minimum absolute atomic E-state index is 0.0974. The van der Waals surface area contributed by atoms with Gasteiger partial charge in [0.25, 0.3) is 0 Å². The molecule has 0 aliphatic carbocycles. The number of nitrogens with zero attached hydrogens (tertiary/aromatic N) is 1. The number of hydrogen-bond acceptors (Lipinski definition) is 3. The van der Waals surface area contributed by atoms with Crippen molar-refractivity contribution < 1.29 is 17.6 Å². The van der Waals surface area contributed by atoms with E-state index >= 15 is 0 Å². The normalized spacial score (nSPS) is 14.4. The molecule has 98 valence electrons. The van der Waals surface area contributed by atoms with Gasteiger partial charge >= 0.3 is 6.18 Å². The van der Waals surface area contributed by atoms with Gasteiger partial charge in [-0.1, -0.05) is 13.8 Å². The largest absolute Gasteiger partial charge is 0.439 e. The van der Waals surface area contributed by atoms with Gasteiger partial charge in [-0.3, -0.25) is 0 Å². The lowest BCUT2D eigenvalue weighted by Gasteiger charge is -2.10. The van der Waals surface area contributed by atoms with E-state index < -0.39 is 17.8 Å². The summed E-state index contributed by atoms with van der Waals surface area (Å²) in [6, 6.07) is 2.78. The van der Waals surface area contributed by atoms with Crippen LogP contribution in [0.1, 0.15) is 31.3 Å². The fraction of sp³-hybridized carbons (Fsp3) is 0.417. The minimum atomic E-state index is -4.38. The molecular formula is C12H13F3N2O. The van der Waals surface area contributed by atoms with Gasteiger partial charge in [0.2, 0.25) is 5.89 Å². The Labute approximate surface area is 102 Å². The second kappa shape index (κ2) is 4.28. The fourth-order valence-electron chi connectivity index (χ4n) is 1.55. The molecule has 1 aromatic heterocycles. The molecule has 1 atom stereocenters. The van der Waals surface area contributed by atoms with Crippen molar-refractivity contribution in [1.29, 1.82) is 0 Å². The molecule has 2 N–H and O–H groups in total. The number of rotatable bonds is 2. The first-order valence-corrected chi connectivity index (χ1v) is 5.52. The predicted molar refractivity (Wildman–Crippen MR) is 60.8 cm³/mol. The summed E-state index contributed by atoms with van der Waals surface area (Å²) >= 11 is 0. The number of halogens is 3. The molecule has 2 rings (SSSR count). The van der Waals surface area contributed by atoms with Crippen molar-refractivity contribution in [2.45, 2.75) is 26.1 Å². The van der Waals surface area contributed by atoms with Gasteiger partial charge in [-0.15, -0.1) is 0 Å². The van der Waals surface area contributed by atoms with Crippen LogP contribution in [-0.2, 0) is 6.18 Å². The minimum Gasteiger partial charge on any atom is -0.439 e. The summed E-state index contributed by atoms with van der Waals surface area (Å²) in [5.74, 6) is 0.361. The Hall–Kier alpha value is -1.56. The maximum atomic E-state index is 12.5. The van der Waals surface area contributed by atoms with Crippen LogP contribution in [0.5, 0.6) is 0 Å². The van der Waals surface area contributed by atoms with Crippen molar-refractivity contribution in [3.63, 3.8) is 0 Å². The molecule has 1 aromatic carbocycles. The second-order valence-electron chi connectivity index (χ2n) is 4.50. The van der Waals surface area contributed by atoms with Crippen molar-refractivity contribution in [3.8, 4) is 0 Å². The van der Waals surface area contributed by atoms with Crippen LogP contribution >= 0.6 is 0 Å². The van der Waals surface area contributed by atoms with E-state index in [1.165, 1.54) is 6.07 Å². The van der Waals surface area contributed by atoms with Crippen molar-refractivity contribution >= 4 is 11.1 Å². The van der Waals surface area contributed by atoms with Crippen LogP contribution in [0.3, 0.4) is 0 Å². The number of oxazole rings is 1. The van der Waals surface area contributed by atoms with E-state index in [2.05, 4.69) is 4.98 Å². The maximum Gasteiger partial charge on any atom is 0.416 e. The summed E-state index contributed by atoms with van der Waals surface area (Å²) in [6.45, 7) is 3.78. The third kappa shape index (κ3) is 2.33. The summed E-state index contributed by atoms with van der Waals surface area (Å²) in [5, 5.41) is 0. The molecular weight excluding hydrogens is 245 g/mol. The van der Waals surface area contributed by atoms with E-state index in [9.17, 15) is 13.2 Å². The van der Waals surface area contributed by atoms with Gasteiger partial charge in [-0.25, -0.2) is 4.98 Å². The highest BCUT2D eigenvalue weighted by Gasteiger charge is 2.31. The first kappa shape index (κ1) is 12.9. The Morgan fingerprint density at radius 2 is 1.94 bits per heavy atom. The molecule has 0 spiro atoms. The van der Waals surface area contributed by atoms with Crippen molar-refractivity contribution in [3.05, 3.63) is 29.7 Å². The van der Waals surface area contributed by atoms with E-state index in [4.69, 9.17) is 10.2 Å². The molecule has 0 fully saturated rings. The average Bonchev–Trinajstić information content (AvgIpc) is 2.68. The highest BCUT2D eigenvalue weighted by Crippen LogP contribution is 2.32. The number of fused-ring (bicyclic) bond motifs is 1. The molecule has 18 heavy (non-hydrogen) atoms. The highest BCUT2D eigenvalue weighted by atomic mass is 19.4. The van der Waals surface area contributed by atoms with Gasteiger partial charge in [-0.2, -0.15) is 13.2 Å². The molecule has 1 heterocycles. The van der Waals surface area contributed by atoms with Crippen LogP contribution in [0, 0.1) is 5.92 Å². The standard InChI is InChI=1S/C12H13F3N2O/c1-6(2)10(16)11-17-8-5-7(12(13,14)15)3-4-9(8)18-11/h3-6,10H,16H2,1-2H3. The van der Waals surface area contributed by atoms with Crippen LogP contribution in [0.2, 0.25) is 0 Å². The van der Waals surface area contributed by atoms with Crippen LogP contribution in [0.15, 0.2) is 22.6 Å². The van der Waals surface area contributed by atoms with Gasteiger partial charge in [0.05, 0.1) is 11.6 Å². The molecule has 0 bridgehead atoms. The number of aromatic nitrogens is 1. The summed E-state index contributed by atoms with van der Waals surface area (Å²) in [5.41, 5.74) is 5.60. The van der Waals surface area contributed by atoms with Gasteiger partial charge in [0.1, 0.15) is 5.52 Å². The Bertz CT molecular complexity index is 560.